The second kappa shape index (κ2) is 6.68. The molecule has 3 aromatic rings. The molecule has 0 aliphatic carbocycles. The molecule has 1 aliphatic heterocycles. The number of anilines is 1. The third-order valence-corrected chi connectivity index (χ3v) is 5.25. The molecule has 0 saturated heterocycles. The van der Waals surface area contributed by atoms with Crippen LogP contribution in [-0.4, -0.2) is 37.9 Å². The van der Waals surface area contributed by atoms with Crippen LogP contribution in [0.25, 0.3) is 5.69 Å². The molecule has 0 N–H and O–H groups in total. The highest BCUT2D eigenvalue weighted by molar-refractivity contribution is 8.00. The summed E-state index contributed by atoms with van der Waals surface area (Å²) in [5.41, 5.74) is 3.12. The zero-order valence-electron chi connectivity index (χ0n) is 13.7. The van der Waals surface area contributed by atoms with Crippen LogP contribution >= 0.6 is 11.8 Å². The first-order valence-electron chi connectivity index (χ1n) is 8.14. The normalized spacial score (nSPS) is 14.4. The lowest BCUT2D eigenvalue weighted by Gasteiger charge is -2.21. The first-order chi connectivity index (χ1) is 12.2. The summed E-state index contributed by atoms with van der Waals surface area (Å²) in [6.45, 7) is 2.63. The number of para-hydroxylation sites is 2. The Morgan fingerprint density at radius 1 is 1.12 bits per heavy atom. The van der Waals surface area contributed by atoms with Crippen LogP contribution in [-0.2, 0) is 11.2 Å². The molecule has 126 valence electrons. The minimum Gasteiger partial charge on any atom is -0.311 e. The molecule has 0 fully saturated rings. The third-order valence-electron chi connectivity index (χ3n) is 4.22. The quantitative estimate of drug-likeness (QED) is 0.676. The number of aromatic nitrogens is 4. The van der Waals surface area contributed by atoms with Crippen LogP contribution in [0.4, 0.5) is 5.69 Å². The van der Waals surface area contributed by atoms with Crippen molar-refractivity contribution in [2.45, 2.75) is 23.8 Å². The van der Waals surface area contributed by atoms with Gasteiger partial charge in [0.1, 0.15) is 0 Å². The van der Waals surface area contributed by atoms with Crippen LogP contribution in [0.1, 0.15) is 12.5 Å². The van der Waals surface area contributed by atoms with Crippen LogP contribution in [0.5, 0.6) is 0 Å². The predicted molar refractivity (Wildman–Crippen MR) is 97.0 cm³/mol. The Morgan fingerprint density at radius 2 is 1.88 bits per heavy atom. The number of nitrogens with zero attached hydrogens (tertiary/aromatic N) is 5. The molecule has 0 radical (unpaired) electrons. The van der Waals surface area contributed by atoms with Crippen molar-refractivity contribution in [1.29, 1.82) is 0 Å². The van der Waals surface area contributed by atoms with Crippen molar-refractivity contribution in [3.8, 4) is 5.69 Å². The smallest absolute Gasteiger partial charge is 0.240 e. The average molecular weight is 351 g/mol. The van der Waals surface area contributed by atoms with Crippen molar-refractivity contribution in [3.63, 3.8) is 0 Å². The van der Waals surface area contributed by atoms with Crippen molar-refractivity contribution in [3.05, 3.63) is 60.2 Å². The van der Waals surface area contributed by atoms with Gasteiger partial charge in [-0.25, -0.2) is 0 Å². The number of hydrogen-bond donors (Lipinski definition) is 0. The molecule has 2 aromatic carbocycles. The molecule has 1 atom stereocenters. The summed E-state index contributed by atoms with van der Waals surface area (Å²) >= 11 is 1.38. The van der Waals surface area contributed by atoms with Crippen molar-refractivity contribution in [2.24, 2.45) is 0 Å². The zero-order chi connectivity index (χ0) is 17.2. The highest BCUT2D eigenvalue weighted by Gasteiger charge is 2.29. The summed E-state index contributed by atoms with van der Waals surface area (Å²) < 4.78 is 1.66. The first kappa shape index (κ1) is 15.8. The number of benzene rings is 2. The maximum Gasteiger partial charge on any atom is 0.240 e. The number of carbonyl (C=O) groups excluding carboxylic acids is 1. The van der Waals surface area contributed by atoms with Crippen LogP contribution < -0.4 is 4.90 Å². The Labute approximate surface area is 149 Å². The van der Waals surface area contributed by atoms with Gasteiger partial charge in [0.15, 0.2) is 0 Å². The predicted octanol–water partition coefficient (Wildman–Crippen LogP) is 2.73. The largest absolute Gasteiger partial charge is 0.311 e. The summed E-state index contributed by atoms with van der Waals surface area (Å²) in [6, 6.07) is 17.7. The highest BCUT2D eigenvalue weighted by Crippen LogP contribution is 2.31. The minimum absolute atomic E-state index is 0.0811. The molecule has 4 rings (SSSR count). The molecular weight excluding hydrogens is 334 g/mol. The zero-order valence-corrected chi connectivity index (χ0v) is 14.6. The van der Waals surface area contributed by atoms with Crippen molar-refractivity contribution in [1.82, 2.24) is 20.2 Å². The Balaban J connectivity index is 1.53. The molecule has 1 amide bonds. The van der Waals surface area contributed by atoms with Crippen molar-refractivity contribution >= 4 is 23.4 Å². The van der Waals surface area contributed by atoms with Gasteiger partial charge in [-0.2, -0.15) is 4.68 Å². The average Bonchev–Trinajstić information content (AvgIpc) is 3.28. The number of rotatable bonds is 4. The van der Waals surface area contributed by atoms with E-state index >= 15 is 0 Å². The lowest BCUT2D eigenvalue weighted by atomic mass is 10.2. The second-order valence-corrected chi connectivity index (χ2v) is 7.15. The standard InChI is InChI=1S/C18H17N5OS/c1-13(17(24)22-12-11-14-7-5-6-10-16(14)22)25-18-19-20-21-23(18)15-8-3-2-4-9-15/h2-10,13H,11-12H2,1H3/t13-/m0/s1. The van der Waals surface area contributed by atoms with E-state index in [1.807, 2.05) is 60.4 Å². The van der Waals surface area contributed by atoms with Crippen LogP contribution in [0.15, 0.2) is 59.8 Å². The summed E-state index contributed by atoms with van der Waals surface area (Å²) in [6.07, 6.45) is 0.904. The fraction of sp³-hybridized carbons (Fsp3) is 0.222. The van der Waals surface area contributed by atoms with E-state index in [2.05, 4.69) is 21.6 Å². The Hall–Kier alpha value is -2.67. The molecule has 25 heavy (non-hydrogen) atoms. The van der Waals surface area contributed by atoms with Gasteiger partial charge < -0.3 is 4.90 Å². The molecule has 0 bridgehead atoms. The van der Waals surface area contributed by atoms with Crippen LogP contribution in [0.3, 0.4) is 0 Å². The maximum absolute atomic E-state index is 12.9. The molecule has 2 heterocycles. The van der Waals surface area contributed by atoms with E-state index in [-0.39, 0.29) is 11.2 Å². The number of tetrazole rings is 1. The summed E-state index contributed by atoms with van der Waals surface area (Å²) in [4.78, 5) is 14.8. The molecular formula is C18H17N5OS. The van der Waals surface area contributed by atoms with Crippen LogP contribution in [0, 0.1) is 0 Å². The molecule has 7 heteroatoms. The van der Waals surface area contributed by atoms with E-state index in [0.29, 0.717) is 5.16 Å². The molecule has 1 aliphatic rings. The van der Waals surface area contributed by atoms with E-state index in [1.54, 1.807) is 4.68 Å². The lowest BCUT2D eigenvalue weighted by molar-refractivity contribution is -0.117. The van der Waals surface area contributed by atoms with Gasteiger partial charge in [-0.05, 0) is 47.5 Å². The highest BCUT2D eigenvalue weighted by atomic mass is 32.2. The van der Waals surface area contributed by atoms with Gasteiger partial charge >= 0.3 is 0 Å². The number of fused-ring (bicyclic) bond motifs is 1. The number of thioether (sulfide) groups is 1. The SMILES string of the molecule is C[C@H](Sc1nnnn1-c1ccccc1)C(=O)N1CCc2ccccc21. The van der Waals surface area contributed by atoms with Crippen LogP contribution in [0.2, 0.25) is 0 Å². The Kier molecular flexibility index (Phi) is 4.23. The topological polar surface area (TPSA) is 63.9 Å². The fourth-order valence-corrected chi connectivity index (χ4v) is 3.85. The molecule has 6 nitrogen and oxygen atoms in total. The Morgan fingerprint density at radius 3 is 2.72 bits per heavy atom. The lowest BCUT2D eigenvalue weighted by Crippen LogP contribution is -2.35. The van der Waals surface area contributed by atoms with E-state index in [4.69, 9.17) is 0 Å². The monoisotopic (exact) mass is 351 g/mol. The van der Waals surface area contributed by atoms with Gasteiger partial charge in [0, 0.05) is 12.2 Å². The van der Waals surface area contributed by atoms with Gasteiger partial charge in [-0.15, -0.1) is 5.10 Å². The third kappa shape index (κ3) is 3.02. The van der Waals surface area contributed by atoms with Gasteiger partial charge in [0.2, 0.25) is 11.1 Å². The van der Waals surface area contributed by atoms with E-state index in [0.717, 1.165) is 24.3 Å². The first-order valence-corrected chi connectivity index (χ1v) is 9.02. The van der Waals surface area contributed by atoms with E-state index in [9.17, 15) is 4.79 Å². The van der Waals surface area contributed by atoms with Gasteiger partial charge in [-0.3, -0.25) is 4.79 Å². The van der Waals surface area contributed by atoms with Crippen molar-refractivity contribution in [2.75, 3.05) is 11.4 Å². The fourth-order valence-electron chi connectivity index (χ4n) is 2.98. The van der Waals surface area contributed by atoms with E-state index < -0.39 is 0 Å². The van der Waals surface area contributed by atoms with Gasteiger partial charge in [-0.1, -0.05) is 48.2 Å². The number of amides is 1. The Bertz CT molecular complexity index is 895. The van der Waals surface area contributed by atoms with Gasteiger partial charge in [0.05, 0.1) is 10.9 Å². The summed E-state index contributed by atoms with van der Waals surface area (Å²) in [5.74, 6) is 0.0811. The maximum atomic E-state index is 12.9. The number of carbonyl (C=O) groups is 1. The summed E-state index contributed by atoms with van der Waals surface area (Å²) in [7, 11) is 0. The summed E-state index contributed by atoms with van der Waals surface area (Å²) in [5, 5.41) is 12.2. The minimum atomic E-state index is -0.278. The van der Waals surface area contributed by atoms with Gasteiger partial charge in [0.25, 0.3) is 0 Å². The number of hydrogen-bond acceptors (Lipinski definition) is 5. The molecule has 0 saturated carbocycles. The second-order valence-electron chi connectivity index (χ2n) is 5.84. The van der Waals surface area contributed by atoms with E-state index in [1.165, 1.54) is 17.3 Å². The molecule has 0 spiro atoms. The molecule has 0 unspecified atom stereocenters. The molecule has 1 aromatic heterocycles. The van der Waals surface area contributed by atoms with Crippen molar-refractivity contribution < 1.29 is 4.79 Å².